The van der Waals surface area contributed by atoms with Gasteiger partial charge in [0.05, 0.1) is 0 Å². The van der Waals surface area contributed by atoms with Crippen molar-refractivity contribution in [1.29, 1.82) is 0 Å². The molecule has 0 aliphatic carbocycles. The zero-order valence-corrected chi connectivity index (χ0v) is 13.2. The van der Waals surface area contributed by atoms with Crippen molar-refractivity contribution < 1.29 is 39.7 Å². The minimum Gasteiger partial charge on any atom is -1.00 e. The second-order valence-electron chi connectivity index (χ2n) is 4.76. The third-order valence-corrected chi connectivity index (χ3v) is 3.14. The average molecular weight is 314 g/mol. The molecule has 4 nitrogen and oxygen atoms in total. The van der Waals surface area contributed by atoms with Gasteiger partial charge in [0.1, 0.15) is 28.6 Å². The molecule has 0 aliphatic heterocycles. The molecule has 0 saturated carbocycles. The number of benzene rings is 3. The van der Waals surface area contributed by atoms with Crippen LogP contribution in [0.15, 0.2) is 78.9 Å². The fourth-order valence-electron chi connectivity index (χ4n) is 2.12. The minimum atomic E-state index is -1.11. The van der Waals surface area contributed by atoms with Crippen LogP contribution in [0, 0.1) is 0 Å². The number of hydrogen-bond acceptors (Lipinski definition) is 3. The number of carbonyl (C=O) groups is 1. The van der Waals surface area contributed by atoms with Gasteiger partial charge in [-0.3, -0.25) is 0 Å². The van der Waals surface area contributed by atoms with E-state index in [2.05, 4.69) is 0 Å². The Morgan fingerprint density at radius 3 is 1.50 bits per heavy atom. The van der Waals surface area contributed by atoms with Gasteiger partial charge in [0, 0.05) is 0 Å². The second-order valence-corrected chi connectivity index (χ2v) is 4.76. The van der Waals surface area contributed by atoms with Crippen LogP contribution in [0.25, 0.3) is 0 Å². The summed E-state index contributed by atoms with van der Waals surface area (Å²) in [4.78, 5) is 11.7. The monoisotopic (exact) mass is 314 g/mol. The van der Waals surface area contributed by atoms with E-state index in [1.807, 2.05) is 36.4 Å². The molecule has 0 bridgehead atoms. The minimum absolute atomic E-state index is 0. The molecule has 3 aromatic rings. The maximum atomic E-state index is 11.7. The Morgan fingerprint density at radius 1 is 0.708 bits per heavy atom. The zero-order chi connectivity index (χ0) is 16.1. The summed E-state index contributed by atoms with van der Waals surface area (Å²) in [7, 11) is 0. The first kappa shape index (κ1) is 17.7. The van der Waals surface area contributed by atoms with Crippen LogP contribution < -0.4 is 28.3 Å². The Kier molecular flexibility index (Phi) is 6.08. The summed E-state index contributed by atoms with van der Waals surface area (Å²) in [5.74, 6) is 0.482. The van der Waals surface area contributed by atoms with Crippen LogP contribution in [0.3, 0.4) is 0 Å². The number of carboxylic acids is 1. The maximum absolute atomic E-state index is 11.7. The van der Waals surface area contributed by atoms with Crippen LogP contribution in [0.1, 0.15) is 11.8 Å². The first-order valence-corrected chi connectivity index (χ1v) is 7.06. The molecule has 0 amide bonds. The molecule has 3 aromatic carbocycles. The van der Waals surface area contributed by atoms with Gasteiger partial charge in [-0.1, -0.05) is 42.5 Å². The predicted octanol–water partition coefficient (Wildman–Crippen LogP) is 2.09. The largest absolute Gasteiger partial charge is 1.00 e. The molecule has 0 aromatic heterocycles. The molecule has 5 heteroatoms. The standard InChI is InChI=1S/C19H14O4.Li.H/c20-19(21)18-16(22-14-8-3-1-4-9-14)12-7-13-17(18)23-15-10-5-2-6-11-15;;/h1-13H,(H,20,21);;/q;+1;-1. The normalized spacial score (nSPS) is 9.67. The van der Waals surface area contributed by atoms with E-state index in [-0.39, 0.29) is 37.3 Å². The number of carboxylic acid groups (broad SMARTS) is 1. The third kappa shape index (κ3) is 4.20. The number of ether oxygens (including phenoxy) is 2. The number of rotatable bonds is 5. The number of hydrogen-bond donors (Lipinski definition) is 1. The van der Waals surface area contributed by atoms with Crippen LogP contribution in [0.2, 0.25) is 0 Å². The summed E-state index contributed by atoms with van der Waals surface area (Å²) in [5.41, 5.74) is -0.0137. The maximum Gasteiger partial charge on any atom is 1.00 e. The molecule has 0 fully saturated rings. The van der Waals surface area contributed by atoms with E-state index in [9.17, 15) is 9.90 Å². The van der Waals surface area contributed by atoms with Gasteiger partial charge < -0.3 is 16.0 Å². The van der Waals surface area contributed by atoms with Crippen LogP contribution in [0.5, 0.6) is 23.0 Å². The van der Waals surface area contributed by atoms with E-state index in [0.29, 0.717) is 11.5 Å². The zero-order valence-electron chi connectivity index (χ0n) is 14.2. The summed E-state index contributed by atoms with van der Waals surface area (Å²) >= 11 is 0. The molecule has 116 valence electrons. The van der Waals surface area contributed by atoms with E-state index < -0.39 is 5.97 Å². The van der Waals surface area contributed by atoms with Crippen molar-refractivity contribution in [2.45, 2.75) is 0 Å². The Balaban J connectivity index is 0.00000156. The second kappa shape index (κ2) is 8.26. The molecule has 1 N–H and O–H groups in total. The van der Waals surface area contributed by atoms with Gasteiger partial charge in [0.25, 0.3) is 0 Å². The number of aromatic carboxylic acids is 1. The van der Waals surface area contributed by atoms with Gasteiger partial charge in [0.15, 0.2) is 0 Å². The molecular formula is C19H15LiO4. The van der Waals surface area contributed by atoms with Crippen LogP contribution in [-0.4, -0.2) is 11.1 Å². The molecule has 24 heavy (non-hydrogen) atoms. The molecule has 0 spiro atoms. The van der Waals surface area contributed by atoms with E-state index >= 15 is 0 Å². The van der Waals surface area contributed by atoms with E-state index in [0.717, 1.165) is 0 Å². The topological polar surface area (TPSA) is 55.8 Å². The van der Waals surface area contributed by atoms with Crippen LogP contribution in [-0.2, 0) is 0 Å². The van der Waals surface area contributed by atoms with Gasteiger partial charge in [-0.15, -0.1) is 0 Å². The Hall–Kier alpha value is -2.67. The van der Waals surface area contributed by atoms with Gasteiger partial charge in [-0.05, 0) is 36.4 Å². The molecular weight excluding hydrogens is 299 g/mol. The smallest absolute Gasteiger partial charge is 1.00 e. The van der Waals surface area contributed by atoms with Crippen molar-refractivity contribution in [2.75, 3.05) is 0 Å². The van der Waals surface area contributed by atoms with Crippen molar-refractivity contribution >= 4 is 5.97 Å². The molecule has 0 heterocycles. The van der Waals surface area contributed by atoms with Crippen LogP contribution >= 0.6 is 0 Å². The van der Waals surface area contributed by atoms with E-state index in [1.165, 1.54) is 0 Å². The SMILES string of the molecule is O=C(O)c1c(Oc2ccccc2)cccc1Oc1ccccc1.[H-].[Li+]. The molecule has 3 rings (SSSR count). The molecule has 0 radical (unpaired) electrons. The fraction of sp³-hybridized carbons (Fsp3) is 0. The van der Waals surface area contributed by atoms with E-state index in [4.69, 9.17) is 9.47 Å². The molecule has 0 saturated heterocycles. The van der Waals surface area contributed by atoms with Crippen LogP contribution in [0.4, 0.5) is 0 Å². The fourth-order valence-corrected chi connectivity index (χ4v) is 2.12. The Morgan fingerprint density at radius 2 is 1.12 bits per heavy atom. The molecule has 0 atom stereocenters. The molecule has 0 aliphatic rings. The van der Waals surface area contributed by atoms with Crippen molar-refractivity contribution in [1.82, 2.24) is 0 Å². The summed E-state index contributed by atoms with van der Waals surface area (Å²) in [6.07, 6.45) is 0. The van der Waals surface area contributed by atoms with Gasteiger partial charge >= 0.3 is 24.8 Å². The first-order chi connectivity index (χ1) is 11.2. The van der Waals surface area contributed by atoms with Crippen molar-refractivity contribution in [3.8, 4) is 23.0 Å². The quantitative estimate of drug-likeness (QED) is 0.733. The predicted molar refractivity (Wildman–Crippen MR) is 87.5 cm³/mol. The Bertz CT molecular complexity index is 750. The summed E-state index contributed by atoms with van der Waals surface area (Å²) in [6.45, 7) is 0. The summed E-state index contributed by atoms with van der Waals surface area (Å²) < 4.78 is 11.4. The van der Waals surface area contributed by atoms with Gasteiger partial charge in [-0.25, -0.2) is 4.79 Å². The molecule has 0 unspecified atom stereocenters. The Labute approximate surface area is 153 Å². The van der Waals surface area contributed by atoms with Crippen molar-refractivity contribution in [3.63, 3.8) is 0 Å². The van der Waals surface area contributed by atoms with Crippen molar-refractivity contribution in [3.05, 3.63) is 84.4 Å². The number of para-hydroxylation sites is 2. The van der Waals surface area contributed by atoms with Gasteiger partial charge in [0.2, 0.25) is 0 Å². The summed E-state index contributed by atoms with van der Waals surface area (Å²) in [5, 5.41) is 9.54. The first-order valence-electron chi connectivity index (χ1n) is 7.06. The third-order valence-electron chi connectivity index (χ3n) is 3.14. The van der Waals surface area contributed by atoms with Gasteiger partial charge in [-0.2, -0.15) is 0 Å². The summed E-state index contributed by atoms with van der Waals surface area (Å²) in [6, 6.07) is 22.9. The van der Waals surface area contributed by atoms with E-state index in [1.54, 1.807) is 42.5 Å². The average Bonchev–Trinajstić information content (AvgIpc) is 2.56. The van der Waals surface area contributed by atoms with Crippen molar-refractivity contribution in [2.24, 2.45) is 0 Å².